The maximum atomic E-state index is 13.0. The molecule has 0 aliphatic carbocycles. The van der Waals surface area contributed by atoms with Crippen LogP contribution in [0.15, 0.2) is 18.2 Å². The van der Waals surface area contributed by atoms with Crippen molar-refractivity contribution in [3.8, 4) is 5.75 Å². The minimum Gasteiger partial charge on any atom is -0.481 e. The highest BCUT2D eigenvalue weighted by atomic mass is 19.1. The van der Waals surface area contributed by atoms with Gasteiger partial charge < -0.3 is 15.2 Å². The second-order valence-corrected chi connectivity index (χ2v) is 4.49. The highest BCUT2D eigenvalue weighted by Crippen LogP contribution is 2.21. The Morgan fingerprint density at radius 3 is 2.74 bits per heavy atom. The van der Waals surface area contributed by atoms with Gasteiger partial charge in [-0.3, -0.25) is 4.79 Å². The third kappa shape index (κ3) is 4.52. The van der Waals surface area contributed by atoms with Gasteiger partial charge in [-0.2, -0.15) is 0 Å². The van der Waals surface area contributed by atoms with Crippen LogP contribution in [0, 0.1) is 5.82 Å². The van der Waals surface area contributed by atoms with Gasteiger partial charge >= 0.3 is 0 Å². The number of benzene rings is 1. The molecule has 2 N–H and O–H groups in total. The van der Waals surface area contributed by atoms with Crippen LogP contribution in [0.4, 0.5) is 4.39 Å². The Hall–Kier alpha value is -1.62. The van der Waals surface area contributed by atoms with Crippen LogP contribution in [0.1, 0.15) is 32.8 Å². The average molecular weight is 269 g/mol. The van der Waals surface area contributed by atoms with Crippen LogP contribution in [-0.2, 0) is 11.4 Å². The quantitative estimate of drug-likeness (QED) is 0.830. The fourth-order valence-electron chi connectivity index (χ4n) is 1.49. The first-order valence-corrected chi connectivity index (χ1v) is 6.34. The number of hydrogen-bond acceptors (Lipinski definition) is 3. The smallest absolute Gasteiger partial charge is 0.260 e. The third-order valence-electron chi connectivity index (χ3n) is 2.87. The highest BCUT2D eigenvalue weighted by molar-refractivity contribution is 5.81. The van der Waals surface area contributed by atoms with Crippen molar-refractivity contribution in [1.29, 1.82) is 0 Å². The summed E-state index contributed by atoms with van der Waals surface area (Å²) >= 11 is 0. The Bertz CT molecular complexity index is 437. The monoisotopic (exact) mass is 269 g/mol. The Kier molecular flexibility index (Phi) is 5.76. The van der Waals surface area contributed by atoms with E-state index in [4.69, 9.17) is 9.84 Å². The Labute approximate surface area is 112 Å². The lowest BCUT2D eigenvalue weighted by atomic mass is 10.2. The second kappa shape index (κ2) is 7.09. The molecule has 0 radical (unpaired) electrons. The third-order valence-corrected chi connectivity index (χ3v) is 2.87. The van der Waals surface area contributed by atoms with Crippen LogP contribution in [0.5, 0.6) is 5.75 Å². The van der Waals surface area contributed by atoms with Crippen LogP contribution < -0.4 is 10.1 Å². The predicted molar refractivity (Wildman–Crippen MR) is 70.3 cm³/mol. The number of aliphatic hydroxyl groups is 1. The Morgan fingerprint density at radius 1 is 1.47 bits per heavy atom. The second-order valence-electron chi connectivity index (χ2n) is 4.49. The SMILES string of the molecule is CCC(C)NC(=O)C(C)Oc1ccc(F)cc1CO. The zero-order valence-corrected chi connectivity index (χ0v) is 11.4. The van der Waals surface area contributed by atoms with E-state index in [1.165, 1.54) is 18.2 Å². The summed E-state index contributed by atoms with van der Waals surface area (Å²) in [6, 6.07) is 3.90. The largest absolute Gasteiger partial charge is 0.481 e. The average Bonchev–Trinajstić information content (AvgIpc) is 2.40. The van der Waals surface area contributed by atoms with Crippen LogP contribution in [0.3, 0.4) is 0 Å². The van der Waals surface area contributed by atoms with Gasteiger partial charge in [0.15, 0.2) is 6.10 Å². The predicted octanol–water partition coefficient (Wildman–Crippen LogP) is 2.00. The molecule has 0 aromatic heterocycles. The molecule has 1 amide bonds. The normalized spacial score (nSPS) is 13.7. The number of aliphatic hydroxyl groups excluding tert-OH is 1. The van der Waals surface area contributed by atoms with E-state index in [0.717, 1.165) is 6.42 Å². The van der Waals surface area contributed by atoms with E-state index in [2.05, 4.69) is 5.32 Å². The van der Waals surface area contributed by atoms with E-state index in [9.17, 15) is 9.18 Å². The van der Waals surface area contributed by atoms with Crippen molar-refractivity contribution in [3.05, 3.63) is 29.6 Å². The van der Waals surface area contributed by atoms with Gasteiger partial charge in [-0.05, 0) is 38.5 Å². The van der Waals surface area contributed by atoms with Gasteiger partial charge in [0.05, 0.1) is 6.61 Å². The van der Waals surface area contributed by atoms with Crippen molar-refractivity contribution >= 4 is 5.91 Å². The summed E-state index contributed by atoms with van der Waals surface area (Å²) in [7, 11) is 0. The fourth-order valence-corrected chi connectivity index (χ4v) is 1.49. The van der Waals surface area contributed by atoms with Crippen LogP contribution in [0.25, 0.3) is 0 Å². The number of carbonyl (C=O) groups excluding carboxylic acids is 1. The van der Waals surface area contributed by atoms with E-state index in [1.807, 2.05) is 13.8 Å². The summed E-state index contributed by atoms with van der Waals surface area (Å²) < 4.78 is 18.5. The van der Waals surface area contributed by atoms with Gasteiger partial charge in [0.25, 0.3) is 5.91 Å². The maximum Gasteiger partial charge on any atom is 0.260 e. The molecule has 0 aliphatic heterocycles. The summed E-state index contributed by atoms with van der Waals surface area (Å²) in [4.78, 5) is 11.8. The summed E-state index contributed by atoms with van der Waals surface area (Å²) in [5.74, 6) is -0.369. The zero-order chi connectivity index (χ0) is 14.4. The summed E-state index contributed by atoms with van der Waals surface area (Å²) in [5, 5.41) is 11.9. The van der Waals surface area contributed by atoms with Crippen LogP contribution in [0.2, 0.25) is 0 Å². The first-order valence-electron chi connectivity index (χ1n) is 6.34. The van der Waals surface area contributed by atoms with Gasteiger partial charge in [-0.15, -0.1) is 0 Å². The number of amides is 1. The molecule has 0 heterocycles. The van der Waals surface area contributed by atoms with E-state index >= 15 is 0 Å². The van der Waals surface area contributed by atoms with Crippen molar-refractivity contribution in [3.63, 3.8) is 0 Å². The molecule has 19 heavy (non-hydrogen) atoms. The molecule has 2 unspecified atom stereocenters. The lowest BCUT2D eigenvalue weighted by Gasteiger charge is -2.19. The van der Waals surface area contributed by atoms with E-state index < -0.39 is 11.9 Å². The van der Waals surface area contributed by atoms with Gasteiger partial charge in [0.2, 0.25) is 0 Å². The first kappa shape index (κ1) is 15.4. The van der Waals surface area contributed by atoms with E-state index in [0.29, 0.717) is 11.3 Å². The molecule has 4 nitrogen and oxygen atoms in total. The number of rotatable bonds is 6. The maximum absolute atomic E-state index is 13.0. The molecular weight excluding hydrogens is 249 g/mol. The fraction of sp³-hybridized carbons (Fsp3) is 0.500. The zero-order valence-electron chi connectivity index (χ0n) is 11.4. The molecule has 0 aliphatic rings. The van der Waals surface area contributed by atoms with Crippen molar-refractivity contribution in [2.24, 2.45) is 0 Å². The molecule has 0 fully saturated rings. The van der Waals surface area contributed by atoms with Crippen molar-refractivity contribution in [1.82, 2.24) is 5.32 Å². The van der Waals surface area contributed by atoms with Crippen LogP contribution >= 0.6 is 0 Å². The number of hydrogen-bond donors (Lipinski definition) is 2. The standard InChI is InChI=1S/C14H20FNO3/c1-4-9(2)16-14(18)10(3)19-13-6-5-12(15)7-11(13)8-17/h5-7,9-10,17H,4,8H2,1-3H3,(H,16,18). The van der Waals surface area contributed by atoms with E-state index in [1.54, 1.807) is 6.92 Å². The van der Waals surface area contributed by atoms with Gasteiger partial charge in [0, 0.05) is 11.6 Å². The van der Waals surface area contributed by atoms with Crippen molar-refractivity contribution < 1.29 is 19.0 Å². The molecule has 1 aromatic rings. The van der Waals surface area contributed by atoms with E-state index in [-0.39, 0.29) is 18.6 Å². The highest BCUT2D eigenvalue weighted by Gasteiger charge is 2.17. The minimum atomic E-state index is -0.704. The number of ether oxygens (including phenoxy) is 1. The molecule has 0 spiro atoms. The molecular formula is C14H20FNO3. The number of halogens is 1. The molecule has 0 bridgehead atoms. The van der Waals surface area contributed by atoms with Gasteiger partial charge in [-0.25, -0.2) is 4.39 Å². The molecule has 1 rings (SSSR count). The van der Waals surface area contributed by atoms with Crippen molar-refractivity contribution in [2.45, 2.75) is 45.9 Å². The molecule has 5 heteroatoms. The van der Waals surface area contributed by atoms with Crippen molar-refractivity contribution in [2.75, 3.05) is 0 Å². The van der Waals surface area contributed by atoms with Gasteiger partial charge in [-0.1, -0.05) is 6.92 Å². The lowest BCUT2D eigenvalue weighted by Crippen LogP contribution is -2.41. The Balaban J connectivity index is 2.71. The van der Waals surface area contributed by atoms with Gasteiger partial charge in [0.1, 0.15) is 11.6 Å². The molecule has 2 atom stereocenters. The summed E-state index contributed by atoms with van der Waals surface area (Å²) in [6.45, 7) is 5.15. The first-order chi connectivity index (χ1) is 8.97. The molecule has 0 saturated heterocycles. The Morgan fingerprint density at radius 2 is 2.16 bits per heavy atom. The lowest BCUT2D eigenvalue weighted by molar-refractivity contribution is -0.127. The van der Waals surface area contributed by atoms with Crippen LogP contribution in [-0.4, -0.2) is 23.2 Å². The molecule has 0 saturated carbocycles. The number of carbonyl (C=O) groups is 1. The number of nitrogens with one attached hydrogen (secondary N) is 1. The summed E-state index contributed by atoms with van der Waals surface area (Å²) in [6.07, 6.45) is 0.126. The minimum absolute atomic E-state index is 0.0732. The molecule has 1 aromatic carbocycles. The summed E-state index contributed by atoms with van der Waals surface area (Å²) in [5.41, 5.74) is 0.322. The molecule has 106 valence electrons. The topological polar surface area (TPSA) is 58.6 Å².